The molecule has 11 nitrogen and oxygen atoms in total. The highest BCUT2D eigenvalue weighted by atomic mass is 16.7. The maximum Gasteiger partial charge on any atom is 0.311 e. The van der Waals surface area contributed by atoms with Crippen LogP contribution in [0.4, 0.5) is 11.4 Å². The van der Waals surface area contributed by atoms with Crippen LogP contribution in [0.1, 0.15) is 11.1 Å². The predicted octanol–water partition coefficient (Wildman–Crippen LogP) is 2.22. The van der Waals surface area contributed by atoms with E-state index in [1.165, 1.54) is 33.5 Å². The van der Waals surface area contributed by atoms with Crippen molar-refractivity contribution in [3.8, 4) is 17.2 Å². The first kappa shape index (κ1) is 21.1. The van der Waals surface area contributed by atoms with Crippen molar-refractivity contribution in [1.82, 2.24) is 0 Å². The number of hydrogen-bond donors (Lipinski definition) is 0. The number of rotatable bonds is 6. The fourth-order valence-corrected chi connectivity index (χ4v) is 3.86. The molecule has 0 spiro atoms. The van der Waals surface area contributed by atoms with Crippen molar-refractivity contribution in [1.29, 1.82) is 0 Å². The zero-order valence-corrected chi connectivity index (χ0v) is 17.6. The number of imide groups is 1. The summed E-state index contributed by atoms with van der Waals surface area (Å²) in [6.45, 7) is 1.57. The second-order valence-corrected chi connectivity index (χ2v) is 7.13. The summed E-state index contributed by atoms with van der Waals surface area (Å²) in [4.78, 5) is 43.4. The molecule has 0 bridgehead atoms. The smallest absolute Gasteiger partial charge is 0.311 e. The molecule has 2 amide bonds. The summed E-state index contributed by atoms with van der Waals surface area (Å²) in [5.41, 5.74) is 1.10. The topological polar surface area (TPSA) is 130 Å². The second kappa shape index (κ2) is 7.84. The number of oxime groups is 1. The number of anilines is 1. The van der Waals surface area contributed by atoms with Crippen LogP contribution in [0.3, 0.4) is 0 Å². The highest BCUT2D eigenvalue weighted by Crippen LogP contribution is 2.41. The Morgan fingerprint density at radius 2 is 1.69 bits per heavy atom. The third-order valence-corrected chi connectivity index (χ3v) is 5.43. The van der Waals surface area contributed by atoms with Gasteiger partial charge in [0.2, 0.25) is 12.0 Å². The van der Waals surface area contributed by atoms with Gasteiger partial charge in [-0.2, -0.15) is 0 Å². The molecule has 11 heteroatoms. The van der Waals surface area contributed by atoms with E-state index in [-0.39, 0.29) is 22.8 Å². The van der Waals surface area contributed by atoms with Crippen molar-refractivity contribution in [3.05, 3.63) is 51.6 Å². The van der Waals surface area contributed by atoms with Crippen molar-refractivity contribution >= 4 is 28.9 Å². The average molecular weight is 441 g/mol. The maximum atomic E-state index is 13.3. The van der Waals surface area contributed by atoms with Crippen LogP contribution in [0.5, 0.6) is 17.2 Å². The van der Waals surface area contributed by atoms with Crippen LogP contribution in [0, 0.1) is 23.0 Å². The molecule has 0 aromatic heterocycles. The number of amides is 2. The molecule has 2 heterocycles. The van der Waals surface area contributed by atoms with Crippen LogP contribution >= 0.6 is 0 Å². The summed E-state index contributed by atoms with van der Waals surface area (Å²) in [7, 11) is 4.25. The van der Waals surface area contributed by atoms with Crippen LogP contribution < -0.4 is 19.1 Å². The fraction of sp³-hybridized carbons (Fsp3) is 0.286. The molecule has 32 heavy (non-hydrogen) atoms. The minimum atomic E-state index is -1.13. The van der Waals surface area contributed by atoms with E-state index in [1.807, 2.05) is 0 Å². The van der Waals surface area contributed by atoms with Crippen molar-refractivity contribution in [2.24, 2.45) is 11.1 Å². The average Bonchev–Trinajstić information content (AvgIpc) is 3.33. The summed E-state index contributed by atoms with van der Waals surface area (Å²) in [6.07, 6.45) is -1.13. The van der Waals surface area contributed by atoms with Crippen molar-refractivity contribution in [2.45, 2.75) is 13.0 Å². The van der Waals surface area contributed by atoms with Gasteiger partial charge in [0.15, 0.2) is 17.2 Å². The third kappa shape index (κ3) is 3.09. The summed E-state index contributed by atoms with van der Waals surface area (Å²) < 4.78 is 15.6. The quantitative estimate of drug-likeness (QED) is 0.379. The number of hydrogen-bond acceptors (Lipinski definition) is 9. The van der Waals surface area contributed by atoms with E-state index in [9.17, 15) is 19.7 Å². The molecular weight excluding hydrogens is 422 g/mol. The molecule has 2 aliphatic rings. The molecule has 0 radical (unpaired) electrons. The monoisotopic (exact) mass is 441 g/mol. The Bertz CT molecular complexity index is 1180. The summed E-state index contributed by atoms with van der Waals surface area (Å²) in [5, 5.41) is 15.3. The summed E-state index contributed by atoms with van der Waals surface area (Å²) in [6, 6.07) is 7.55. The van der Waals surface area contributed by atoms with Gasteiger partial charge in [0.1, 0.15) is 11.6 Å². The molecule has 2 aromatic rings. The summed E-state index contributed by atoms with van der Waals surface area (Å²) >= 11 is 0. The molecule has 0 unspecified atom stereocenters. The molecule has 1 saturated heterocycles. The van der Waals surface area contributed by atoms with E-state index >= 15 is 0 Å². The maximum absolute atomic E-state index is 13.3. The number of nitro benzene ring substituents is 1. The first-order valence-corrected chi connectivity index (χ1v) is 9.49. The molecule has 0 saturated carbocycles. The Hall–Kier alpha value is -4.15. The van der Waals surface area contributed by atoms with Gasteiger partial charge in [0.05, 0.1) is 31.9 Å². The van der Waals surface area contributed by atoms with E-state index in [0.29, 0.717) is 22.6 Å². The van der Waals surface area contributed by atoms with Crippen molar-refractivity contribution < 1.29 is 33.6 Å². The highest BCUT2D eigenvalue weighted by molar-refractivity contribution is 6.32. The van der Waals surface area contributed by atoms with Gasteiger partial charge in [-0.1, -0.05) is 5.16 Å². The van der Waals surface area contributed by atoms with Gasteiger partial charge in [-0.3, -0.25) is 19.7 Å². The lowest BCUT2D eigenvalue weighted by molar-refractivity contribution is -0.385. The van der Waals surface area contributed by atoms with Crippen LogP contribution in [0.2, 0.25) is 0 Å². The second-order valence-electron chi connectivity index (χ2n) is 7.13. The zero-order valence-electron chi connectivity index (χ0n) is 17.6. The number of nitro groups is 1. The number of aryl methyl sites for hydroxylation is 1. The molecule has 166 valence electrons. The SMILES string of the molecule is COc1ccc(C2=NO[C@H]3C(=O)N(c4cc(OC)c([N+](=O)[O-])cc4C)C(=O)[C@H]23)cc1OC. The number of nitrogens with zero attached hydrogens (tertiary/aromatic N) is 3. The normalized spacial score (nSPS) is 19.4. The predicted molar refractivity (Wildman–Crippen MR) is 111 cm³/mol. The van der Waals surface area contributed by atoms with E-state index < -0.39 is 28.8 Å². The van der Waals surface area contributed by atoms with Gasteiger partial charge >= 0.3 is 5.69 Å². The van der Waals surface area contributed by atoms with Gasteiger partial charge in [0, 0.05) is 17.7 Å². The van der Waals surface area contributed by atoms with Crippen LogP contribution in [0.25, 0.3) is 0 Å². The van der Waals surface area contributed by atoms with Gasteiger partial charge in [0.25, 0.3) is 5.91 Å². The number of carbonyl (C=O) groups excluding carboxylic acids is 2. The molecule has 2 aromatic carbocycles. The molecule has 0 N–H and O–H groups in total. The van der Waals surface area contributed by atoms with Crippen LogP contribution in [0.15, 0.2) is 35.5 Å². The molecular formula is C21H19N3O8. The number of fused-ring (bicyclic) bond motifs is 1. The third-order valence-electron chi connectivity index (χ3n) is 5.43. The fourth-order valence-electron chi connectivity index (χ4n) is 3.86. The van der Waals surface area contributed by atoms with Crippen molar-refractivity contribution in [3.63, 3.8) is 0 Å². The van der Waals surface area contributed by atoms with Crippen molar-refractivity contribution in [2.75, 3.05) is 26.2 Å². The standard InChI is InChI=1S/C21H19N3O8/c1-10-7-13(24(27)28)15(30-3)9-12(10)23-20(25)17-18(22-32-19(17)21(23)26)11-5-6-14(29-2)16(8-11)31-4/h5-9,17,19H,1-4H3/t17-,19-/m1/s1. The Kier molecular flexibility index (Phi) is 5.17. The Morgan fingerprint density at radius 3 is 2.31 bits per heavy atom. The molecule has 0 aliphatic carbocycles. The molecule has 1 fully saturated rings. The lowest BCUT2D eigenvalue weighted by Crippen LogP contribution is -2.33. The molecule has 2 atom stereocenters. The minimum Gasteiger partial charge on any atom is -0.493 e. The highest BCUT2D eigenvalue weighted by Gasteiger charge is 2.56. The first-order valence-electron chi connectivity index (χ1n) is 9.49. The zero-order chi connectivity index (χ0) is 23.2. The lowest BCUT2D eigenvalue weighted by Gasteiger charge is -2.19. The Morgan fingerprint density at radius 1 is 1.00 bits per heavy atom. The van der Waals surface area contributed by atoms with E-state index in [4.69, 9.17) is 19.0 Å². The largest absolute Gasteiger partial charge is 0.493 e. The van der Waals surface area contributed by atoms with Gasteiger partial charge in [-0.05, 0) is 30.7 Å². The Labute approximate surface area is 182 Å². The number of ether oxygens (including phenoxy) is 3. The van der Waals surface area contributed by atoms with Crippen LogP contribution in [-0.2, 0) is 14.4 Å². The van der Waals surface area contributed by atoms with Crippen LogP contribution in [-0.4, -0.2) is 49.9 Å². The minimum absolute atomic E-state index is 0.0667. The molecule has 4 rings (SSSR count). The number of benzene rings is 2. The molecule has 2 aliphatic heterocycles. The Balaban J connectivity index is 1.73. The number of carbonyl (C=O) groups is 2. The van der Waals surface area contributed by atoms with Gasteiger partial charge < -0.3 is 19.0 Å². The lowest BCUT2D eigenvalue weighted by atomic mass is 9.94. The van der Waals surface area contributed by atoms with E-state index in [2.05, 4.69) is 5.16 Å². The van der Waals surface area contributed by atoms with Gasteiger partial charge in [-0.15, -0.1) is 0 Å². The van der Waals surface area contributed by atoms with Gasteiger partial charge in [-0.25, -0.2) is 4.90 Å². The van der Waals surface area contributed by atoms with E-state index in [0.717, 1.165) is 4.90 Å². The summed E-state index contributed by atoms with van der Waals surface area (Å²) in [5.74, 6) is -1.27. The number of methoxy groups -OCH3 is 3. The van der Waals surface area contributed by atoms with E-state index in [1.54, 1.807) is 25.1 Å². The first-order chi connectivity index (χ1) is 15.3.